The number of aromatic carboxylic acids is 1. The highest BCUT2D eigenvalue weighted by Crippen LogP contribution is 2.36. The fourth-order valence-corrected chi connectivity index (χ4v) is 2.23. The first kappa shape index (κ1) is 13.4. The van der Waals surface area contributed by atoms with Crippen molar-refractivity contribution < 1.29 is 24.2 Å². The lowest BCUT2D eigenvalue weighted by atomic mass is 10.1. The Hall–Kier alpha value is -2.54. The van der Waals surface area contributed by atoms with E-state index in [4.69, 9.17) is 26.2 Å². The summed E-state index contributed by atoms with van der Waals surface area (Å²) in [7, 11) is 0. The molecule has 0 saturated heterocycles. The lowest BCUT2D eigenvalue weighted by Gasteiger charge is -2.19. The lowest BCUT2D eigenvalue weighted by molar-refractivity contribution is 0.0687. The summed E-state index contributed by atoms with van der Waals surface area (Å²) in [5.74, 6) is -1.04. The van der Waals surface area contributed by atoms with Crippen LogP contribution in [0.15, 0.2) is 18.5 Å². The number of nitrogens with zero attached hydrogens (tertiary/aromatic N) is 1. The molecule has 0 spiro atoms. The van der Waals surface area contributed by atoms with Gasteiger partial charge in [-0.25, -0.2) is 9.78 Å². The molecule has 0 unspecified atom stereocenters. The van der Waals surface area contributed by atoms with Crippen LogP contribution in [0.2, 0.25) is 5.02 Å². The Morgan fingerprint density at radius 3 is 2.57 bits per heavy atom. The fraction of sp³-hybridized carbons (Fsp3) is 0.154. The predicted molar refractivity (Wildman–Crippen MR) is 71.4 cm³/mol. The van der Waals surface area contributed by atoms with Gasteiger partial charge in [0.25, 0.3) is 0 Å². The number of carbonyl (C=O) groups is 2. The number of H-pyrrole nitrogens is 1. The number of imidazole rings is 1. The monoisotopic (exact) mass is 308 g/mol. The van der Waals surface area contributed by atoms with Gasteiger partial charge in [0.05, 0.1) is 11.3 Å². The summed E-state index contributed by atoms with van der Waals surface area (Å²) >= 11 is 6.06. The van der Waals surface area contributed by atoms with Crippen molar-refractivity contribution in [3.8, 4) is 11.5 Å². The van der Waals surface area contributed by atoms with Crippen LogP contribution in [-0.4, -0.2) is 40.0 Å². The number of hydrogen-bond donors (Lipinski definition) is 2. The van der Waals surface area contributed by atoms with E-state index in [9.17, 15) is 9.59 Å². The number of nitrogens with one attached hydrogen (secondary N) is 1. The second kappa shape index (κ2) is 5.10. The summed E-state index contributed by atoms with van der Waals surface area (Å²) in [6, 6.07) is 2.90. The average Bonchev–Trinajstić information content (AvgIpc) is 2.95. The zero-order valence-corrected chi connectivity index (χ0v) is 11.3. The van der Waals surface area contributed by atoms with E-state index in [1.165, 1.54) is 12.1 Å². The largest absolute Gasteiger partial charge is 0.486 e. The minimum Gasteiger partial charge on any atom is -0.486 e. The van der Waals surface area contributed by atoms with Crippen LogP contribution in [0.4, 0.5) is 0 Å². The second-order valence-electron chi connectivity index (χ2n) is 4.24. The van der Waals surface area contributed by atoms with Gasteiger partial charge >= 0.3 is 5.97 Å². The Kier molecular flexibility index (Phi) is 3.26. The fourth-order valence-electron chi connectivity index (χ4n) is 2.00. The molecule has 1 aromatic carbocycles. The molecule has 7 nitrogen and oxygen atoms in total. The SMILES string of the molecule is O=C(c1cc2c(cc1Cl)OCCO2)c1nc[nH]c1C(=O)O. The molecule has 1 aliphatic rings. The summed E-state index contributed by atoms with van der Waals surface area (Å²) in [4.78, 5) is 29.6. The molecular formula is C13H9ClN2O5. The maximum Gasteiger partial charge on any atom is 0.354 e. The van der Waals surface area contributed by atoms with Crippen molar-refractivity contribution in [3.63, 3.8) is 0 Å². The number of fused-ring (bicyclic) bond motifs is 1. The first-order chi connectivity index (χ1) is 10.1. The van der Waals surface area contributed by atoms with Crippen molar-refractivity contribution in [2.75, 3.05) is 13.2 Å². The highest BCUT2D eigenvalue weighted by Gasteiger charge is 2.25. The lowest BCUT2D eigenvalue weighted by Crippen LogP contribution is -2.16. The molecule has 0 bridgehead atoms. The molecular weight excluding hydrogens is 300 g/mol. The maximum atomic E-state index is 12.4. The van der Waals surface area contributed by atoms with Crippen LogP contribution in [0.3, 0.4) is 0 Å². The van der Waals surface area contributed by atoms with Crippen molar-refractivity contribution in [1.82, 2.24) is 9.97 Å². The molecule has 3 rings (SSSR count). The van der Waals surface area contributed by atoms with Crippen LogP contribution in [-0.2, 0) is 0 Å². The van der Waals surface area contributed by atoms with Gasteiger partial charge in [-0.15, -0.1) is 0 Å². The second-order valence-corrected chi connectivity index (χ2v) is 4.64. The summed E-state index contributed by atoms with van der Waals surface area (Å²) in [5.41, 5.74) is -0.387. The summed E-state index contributed by atoms with van der Waals surface area (Å²) in [6.45, 7) is 0.768. The van der Waals surface area contributed by atoms with Crippen LogP contribution in [0.1, 0.15) is 26.5 Å². The molecule has 2 N–H and O–H groups in total. The van der Waals surface area contributed by atoms with Gasteiger partial charge in [0.2, 0.25) is 5.78 Å². The number of halogens is 1. The number of carboxylic acids is 1. The van der Waals surface area contributed by atoms with Gasteiger partial charge in [0.15, 0.2) is 17.2 Å². The van der Waals surface area contributed by atoms with Crippen LogP contribution >= 0.6 is 11.6 Å². The van der Waals surface area contributed by atoms with Gasteiger partial charge in [0, 0.05) is 11.6 Å². The standard InChI is InChI=1S/C13H9ClN2O5/c14-7-4-9-8(20-1-2-21-9)3-6(7)12(17)10-11(13(18)19)16-5-15-10/h3-5H,1-2H2,(H,15,16)(H,18,19). The number of aromatic amines is 1. The number of rotatable bonds is 3. The molecule has 1 aromatic heterocycles. The van der Waals surface area contributed by atoms with Crippen molar-refractivity contribution >= 4 is 23.4 Å². The van der Waals surface area contributed by atoms with Gasteiger partial charge in [-0.2, -0.15) is 0 Å². The Bertz CT molecular complexity index is 740. The number of ketones is 1. The number of benzene rings is 1. The normalized spacial score (nSPS) is 13.0. The van der Waals surface area contributed by atoms with Crippen molar-refractivity contribution in [1.29, 1.82) is 0 Å². The van der Waals surface area contributed by atoms with E-state index in [0.29, 0.717) is 24.7 Å². The topological polar surface area (TPSA) is 102 Å². The van der Waals surface area contributed by atoms with Gasteiger partial charge < -0.3 is 19.6 Å². The Morgan fingerprint density at radius 2 is 1.90 bits per heavy atom. The molecule has 1 aliphatic heterocycles. The highest BCUT2D eigenvalue weighted by molar-refractivity contribution is 6.35. The van der Waals surface area contributed by atoms with E-state index in [1.54, 1.807) is 0 Å². The Labute approximate surface area is 123 Å². The molecule has 0 saturated carbocycles. The zero-order chi connectivity index (χ0) is 15.0. The third kappa shape index (κ3) is 2.31. The summed E-state index contributed by atoms with van der Waals surface area (Å²) < 4.78 is 10.7. The number of carboxylic acid groups (broad SMARTS) is 1. The molecule has 0 fully saturated rings. The summed E-state index contributed by atoms with van der Waals surface area (Å²) in [5, 5.41) is 9.15. The van der Waals surface area contributed by atoms with Gasteiger partial charge in [-0.3, -0.25) is 4.79 Å². The molecule has 0 aliphatic carbocycles. The van der Waals surface area contributed by atoms with Gasteiger partial charge in [-0.05, 0) is 6.07 Å². The van der Waals surface area contributed by atoms with E-state index in [1.807, 2.05) is 0 Å². The average molecular weight is 309 g/mol. The molecule has 2 aromatic rings. The van der Waals surface area contributed by atoms with Crippen LogP contribution in [0.5, 0.6) is 11.5 Å². The number of ether oxygens (including phenoxy) is 2. The minimum atomic E-state index is -1.27. The molecule has 0 radical (unpaired) electrons. The van der Waals surface area contributed by atoms with E-state index in [2.05, 4.69) is 9.97 Å². The number of carbonyl (C=O) groups excluding carboxylic acids is 1. The molecule has 2 heterocycles. The third-order valence-electron chi connectivity index (χ3n) is 2.94. The third-order valence-corrected chi connectivity index (χ3v) is 3.26. The van der Waals surface area contributed by atoms with Crippen LogP contribution < -0.4 is 9.47 Å². The zero-order valence-electron chi connectivity index (χ0n) is 10.6. The quantitative estimate of drug-likeness (QED) is 0.838. The molecule has 21 heavy (non-hydrogen) atoms. The number of aromatic nitrogens is 2. The van der Waals surface area contributed by atoms with Gasteiger partial charge in [-0.1, -0.05) is 11.6 Å². The van der Waals surface area contributed by atoms with E-state index in [-0.39, 0.29) is 22.0 Å². The van der Waals surface area contributed by atoms with Crippen molar-refractivity contribution in [2.45, 2.75) is 0 Å². The molecule has 8 heteroatoms. The highest BCUT2D eigenvalue weighted by atomic mass is 35.5. The Morgan fingerprint density at radius 1 is 1.24 bits per heavy atom. The minimum absolute atomic E-state index is 0.107. The Balaban J connectivity index is 2.05. The first-order valence-corrected chi connectivity index (χ1v) is 6.36. The van der Waals surface area contributed by atoms with E-state index < -0.39 is 11.8 Å². The molecule has 108 valence electrons. The van der Waals surface area contributed by atoms with Crippen LogP contribution in [0, 0.1) is 0 Å². The number of hydrogen-bond acceptors (Lipinski definition) is 5. The van der Waals surface area contributed by atoms with E-state index >= 15 is 0 Å². The summed E-state index contributed by atoms with van der Waals surface area (Å²) in [6.07, 6.45) is 1.14. The first-order valence-electron chi connectivity index (χ1n) is 5.98. The van der Waals surface area contributed by atoms with Crippen LogP contribution in [0.25, 0.3) is 0 Å². The predicted octanol–water partition coefficient (Wildman–Crippen LogP) is 1.76. The van der Waals surface area contributed by atoms with E-state index in [0.717, 1.165) is 6.33 Å². The van der Waals surface area contributed by atoms with Gasteiger partial charge in [0.1, 0.15) is 18.9 Å². The van der Waals surface area contributed by atoms with Crippen molar-refractivity contribution in [3.05, 3.63) is 40.4 Å². The van der Waals surface area contributed by atoms with Crippen molar-refractivity contribution in [2.24, 2.45) is 0 Å². The molecule has 0 atom stereocenters. The smallest absolute Gasteiger partial charge is 0.354 e. The maximum absolute atomic E-state index is 12.4. The molecule has 0 amide bonds.